The van der Waals surface area contributed by atoms with Crippen LogP contribution in [0.3, 0.4) is 0 Å². The Morgan fingerprint density at radius 3 is 2.68 bits per heavy atom. The smallest absolute Gasteiger partial charge is 0.163 e. The van der Waals surface area contributed by atoms with Crippen molar-refractivity contribution >= 4 is 28.4 Å². The summed E-state index contributed by atoms with van der Waals surface area (Å²) in [5.74, 6) is 1.74. The lowest BCUT2D eigenvalue weighted by Crippen LogP contribution is -2.08. The van der Waals surface area contributed by atoms with E-state index in [0.717, 1.165) is 26.8 Å². The van der Waals surface area contributed by atoms with Gasteiger partial charge in [-0.1, -0.05) is 13.8 Å². The highest BCUT2D eigenvalue weighted by Crippen LogP contribution is 2.25. The molecule has 0 saturated heterocycles. The first kappa shape index (κ1) is 14.2. The number of halogens is 1. The van der Waals surface area contributed by atoms with Gasteiger partial charge in [0, 0.05) is 18.0 Å². The van der Waals surface area contributed by atoms with Crippen LogP contribution in [0.5, 0.6) is 0 Å². The molecule has 0 amide bonds. The molecule has 0 aromatic carbocycles. The van der Waals surface area contributed by atoms with Gasteiger partial charge >= 0.3 is 0 Å². The zero-order valence-electron chi connectivity index (χ0n) is 11.3. The van der Waals surface area contributed by atoms with Crippen molar-refractivity contribution in [3.05, 3.63) is 33.3 Å². The van der Waals surface area contributed by atoms with E-state index in [2.05, 4.69) is 51.4 Å². The predicted octanol–water partition coefficient (Wildman–Crippen LogP) is 3.23. The lowest BCUT2D eigenvalue weighted by molar-refractivity contribution is 0.632. The van der Waals surface area contributed by atoms with Crippen molar-refractivity contribution in [1.82, 2.24) is 15.0 Å². The van der Waals surface area contributed by atoms with Crippen molar-refractivity contribution < 1.29 is 0 Å². The molecule has 2 aromatic heterocycles. The minimum Gasteiger partial charge on any atom is -0.383 e. The van der Waals surface area contributed by atoms with Crippen LogP contribution in [0.15, 0.2) is 18.5 Å². The van der Waals surface area contributed by atoms with Crippen LogP contribution in [0.25, 0.3) is 11.4 Å². The van der Waals surface area contributed by atoms with E-state index >= 15 is 0 Å². The third kappa shape index (κ3) is 3.20. The summed E-state index contributed by atoms with van der Waals surface area (Å²) in [4.78, 5) is 13.2. The molecule has 0 bridgehead atoms. The Morgan fingerprint density at radius 2 is 2.05 bits per heavy atom. The highest BCUT2D eigenvalue weighted by atomic mass is 127. The standard InChI is InChI=1S/C14H17IN4/c1-8(2)6-11-12(15)13(16)19-14(18-11)10-7-17-5-4-9(10)3/h4-5,7-8H,6H2,1-3H3,(H2,16,18,19). The molecule has 0 radical (unpaired) electrons. The molecule has 0 saturated carbocycles. The summed E-state index contributed by atoms with van der Waals surface area (Å²) in [7, 11) is 0. The Hall–Kier alpha value is -1.24. The molecule has 0 atom stereocenters. The molecule has 0 fully saturated rings. The van der Waals surface area contributed by atoms with E-state index in [4.69, 9.17) is 5.73 Å². The van der Waals surface area contributed by atoms with Crippen LogP contribution in [-0.2, 0) is 6.42 Å². The molecular formula is C14H17IN4. The van der Waals surface area contributed by atoms with Crippen LogP contribution >= 0.6 is 22.6 Å². The molecule has 100 valence electrons. The second-order valence-electron chi connectivity index (χ2n) is 4.98. The SMILES string of the molecule is Cc1ccncc1-c1nc(N)c(I)c(CC(C)C)n1. The maximum atomic E-state index is 6.01. The molecule has 2 rings (SSSR count). The first-order valence-electron chi connectivity index (χ1n) is 6.22. The molecule has 0 aliphatic heterocycles. The van der Waals surface area contributed by atoms with Gasteiger partial charge in [-0.2, -0.15) is 0 Å². The summed E-state index contributed by atoms with van der Waals surface area (Å²) in [5.41, 5.74) is 9.06. The van der Waals surface area contributed by atoms with Gasteiger partial charge in [0.25, 0.3) is 0 Å². The zero-order valence-corrected chi connectivity index (χ0v) is 13.5. The van der Waals surface area contributed by atoms with Crippen LogP contribution in [0, 0.1) is 16.4 Å². The van der Waals surface area contributed by atoms with Gasteiger partial charge in [-0.05, 0) is 53.5 Å². The molecule has 5 heteroatoms. The number of rotatable bonds is 3. The van der Waals surface area contributed by atoms with Crippen molar-refractivity contribution in [2.75, 3.05) is 5.73 Å². The number of anilines is 1. The van der Waals surface area contributed by atoms with Gasteiger partial charge in [-0.3, -0.25) is 4.98 Å². The average molecular weight is 368 g/mol. The highest BCUT2D eigenvalue weighted by molar-refractivity contribution is 14.1. The zero-order chi connectivity index (χ0) is 14.0. The Morgan fingerprint density at radius 1 is 1.32 bits per heavy atom. The van der Waals surface area contributed by atoms with Crippen LogP contribution < -0.4 is 5.73 Å². The van der Waals surface area contributed by atoms with E-state index in [1.54, 1.807) is 12.4 Å². The van der Waals surface area contributed by atoms with Gasteiger partial charge < -0.3 is 5.73 Å². The van der Waals surface area contributed by atoms with Crippen LogP contribution in [-0.4, -0.2) is 15.0 Å². The number of nitrogen functional groups attached to an aromatic ring is 1. The fourth-order valence-electron chi connectivity index (χ4n) is 1.85. The molecular weight excluding hydrogens is 351 g/mol. The maximum absolute atomic E-state index is 6.01. The van der Waals surface area contributed by atoms with Crippen molar-refractivity contribution in [1.29, 1.82) is 0 Å². The first-order valence-corrected chi connectivity index (χ1v) is 7.29. The van der Waals surface area contributed by atoms with Gasteiger partial charge in [-0.15, -0.1) is 0 Å². The van der Waals surface area contributed by atoms with Crippen molar-refractivity contribution in [3.8, 4) is 11.4 Å². The highest BCUT2D eigenvalue weighted by Gasteiger charge is 2.13. The van der Waals surface area contributed by atoms with Gasteiger partial charge in [0.15, 0.2) is 5.82 Å². The van der Waals surface area contributed by atoms with E-state index < -0.39 is 0 Å². The number of hydrogen-bond donors (Lipinski definition) is 1. The second kappa shape index (κ2) is 5.81. The molecule has 4 nitrogen and oxygen atoms in total. The fraction of sp³-hybridized carbons (Fsp3) is 0.357. The molecule has 2 heterocycles. The third-order valence-corrected chi connectivity index (χ3v) is 4.00. The molecule has 0 unspecified atom stereocenters. The predicted molar refractivity (Wildman–Crippen MR) is 85.7 cm³/mol. The van der Waals surface area contributed by atoms with Crippen LogP contribution in [0.1, 0.15) is 25.1 Å². The number of pyridine rings is 1. The summed E-state index contributed by atoms with van der Waals surface area (Å²) in [6.07, 6.45) is 4.46. The van der Waals surface area contributed by atoms with E-state index in [9.17, 15) is 0 Å². The third-order valence-electron chi connectivity index (χ3n) is 2.83. The van der Waals surface area contributed by atoms with Gasteiger partial charge in [0.1, 0.15) is 5.82 Å². The molecule has 2 aromatic rings. The molecule has 0 spiro atoms. The summed E-state index contributed by atoms with van der Waals surface area (Å²) >= 11 is 2.22. The minimum absolute atomic E-state index is 0.533. The van der Waals surface area contributed by atoms with Crippen LogP contribution in [0.4, 0.5) is 5.82 Å². The Balaban J connectivity index is 2.54. The van der Waals surface area contributed by atoms with Gasteiger partial charge in [0.05, 0.1) is 9.26 Å². The Labute approximate surface area is 127 Å². The van der Waals surface area contributed by atoms with E-state index in [-0.39, 0.29) is 0 Å². The van der Waals surface area contributed by atoms with E-state index in [0.29, 0.717) is 17.6 Å². The first-order chi connectivity index (χ1) is 8.99. The van der Waals surface area contributed by atoms with Gasteiger partial charge in [-0.25, -0.2) is 9.97 Å². The molecule has 2 N–H and O–H groups in total. The number of nitrogens with two attached hydrogens (primary N) is 1. The van der Waals surface area contributed by atoms with Gasteiger partial charge in [0.2, 0.25) is 0 Å². The average Bonchev–Trinajstić information content (AvgIpc) is 2.35. The lowest BCUT2D eigenvalue weighted by Gasteiger charge is -2.11. The normalized spacial score (nSPS) is 11.0. The summed E-state index contributed by atoms with van der Waals surface area (Å²) in [5, 5.41) is 0. The fourth-order valence-corrected chi connectivity index (χ4v) is 2.31. The van der Waals surface area contributed by atoms with Crippen molar-refractivity contribution in [2.45, 2.75) is 27.2 Å². The number of hydrogen-bond acceptors (Lipinski definition) is 4. The van der Waals surface area contributed by atoms with Crippen molar-refractivity contribution in [3.63, 3.8) is 0 Å². The van der Waals surface area contributed by atoms with Crippen LogP contribution in [0.2, 0.25) is 0 Å². The second-order valence-corrected chi connectivity index (χ2v) is 6.06. The number of aromatic nitrogens is 3. The number of aryl methyl sites for hydroxylation is 1. The van der Waals surface area contributed by atoms with E-state index in [1.165, 1.54) is 0 Å². The maximum Gasteiger partial charge on any atom is 0.163 e. The summed E-state index contributed by atoms with van der Waals surface area (Å²) in [6, 6.07) is 1.95. The lowest BCUT2D eigenvalue weighted by atomic mass is 10.1. The molecule has 0 aliphatic rings. The topological polar surface area (TPSA) is 64.7 Å². The van der Waals surface area contributed by atoms with E-state index in [1.807, 2.05) is 13.0 Å². The monoisotopic (exact) mass is 368 g/mol. The molecule has 0 aliphatic carbocycles. The Bertz CT molecular complexity index is 596. The van der Waals surface area contributed by atoms with Crippen molar-refractivity contribution in [2.24, 2.45) is 5.92 Å². The number of nitrogens with zero attached hydrogens (tertiary/aromatic N) is 3. The Kier molecular flexibility index (Phi) is 4.34. The summed E-state index contributed by atoms with van der Waals surface area (Å²) in [6.45, 7) is 6.36. The molecule has 19 heavy (non-hydrogen) atoms. The quantitative estimate of drug-likeness (QED) is 0.845. The minimum atomic E-state index is 0.533. The summed E-state index contributed by atoms with van der Waals surface area (Å²) < 4.78 is 0.955. The largest absolute Gasteiger partial charge is 0.383 e.